The summed E-state index contributed by atoms with van der Waals surface area (Å²) in [5.41, 5.74) is 1.85. The average molecular weight is 421 g/mol. The molecule has 1 heterocycles. The van der Waals surface area contributed by atoms with Gasteiger partial charge in [0.1, 0.15) is 5.82 Å². The summed E-state index contributed by atoms with van der Waals surface area (Å²) in [5, 5.41) is 1.04. The van der Waals surface area contributed by atoms with E-state index in [9.17, 15) is 4.79 Å². The van der Waals surface area contributed by atoms with E-state index in [0.29, 0.717) is 31.8 Å². The van der Waals surface area contributed by atoms with Gasteiger partial charge in [0.05, 0.1) is 19.3 Å². The maximum absolute atomic E-state index is 12.0. The topological polar surface area (TPSA) is 45.8 Å². The number of halogens is 3. The number of aromatic amines is 1. The largest absolute Gasteiger partial charge is 0.309 e. The van der Waals surface area contributed by atoms with Crippen LogP contribution in [0, 0.1) is 3.57 Å². The zero-order chi connectivity index (χ0) is 14.3. The van der Waals surface area contributed by atoms with Gasteiger partial charge in [-0.1, -0.05) is 29.3 Å². The molecular formula is C14H11Cl2IN2O. The van der Waals surface area contributed by atoms with Crippen LogP contribution in [0.4, 0.5) is 0 Å². The second-order valence-electron chi connectivity index (χ2n) is 4.91. The van der Waals surface area contributed by atoms with E-state index in [1.54, 1.807) is 12.1 Å². The predicted molar refractivity (Wildman–Crippen MR) is 88.8 cm³/mol. The lowest BCUT2D eigenvalue weighted by Gasteiger charge is -2.07. The molecular weight excluding hydrogens is 410 g/mol. The number of nitrogens with zero attached hydrogens (tertiary/aromatic N) is 1. The summed E-state index contributed by atoms with van der Waals surface area (Å²) in [6, 6.07) is 5.45. The second kappa shape index (κ2) is 5.66. The SMILES string of the molecule is O=c1[nH]c(Cc2ccc(Cl)c(Cl)c2)nc(C2CC2)c1I. The highest BCUT2D eigenvalue weighted by atomic mass is 127. The van der Waals surface area contributed by atoms with Gasteiger partial charge in [0.15, 0.2) is 0 Å². The molecule has 1 N–H and O–H groups in total. The Morgan fingerprint density at radius 1 is 1.30 bits per heavy atom. The van der Waals surface area contributed by atoms with Crippen LogP contribution in [-0.4, -0.2) is 9.97 Å². The molecule has 3 rings (SSSR count). The average Bonchev–Trinajstić information content (AvgIpc) is 3.22. The van der Waals surface area contributed by atoms with Crippen LogP contribution < -0.4 is 5.56 Å². The van der Waals surface area contributed by atoms with Crippen LogP contribution in [-0.2, 0) is 6.42 Å². The Bertz CT molecular complexity index is 726. The number of benzene rings is 1. The molecule has 1 saturated carbocycles. The molecule has 1 aliphatic carbocycles. The zero-order valence-electron chi connectivity index (χ0n) is 10.4. The van der Waals surface area contributed by atoms with Gasteiger partial charge >= 0.3 is 0 Å². The predicted octanol–water partition coefficient (Wildman–Crippen LogP) is 4.15. The first-order valence-electron chi connectivity index (χ1n) is 6.27. The minimum Gasteiger partial charge on any atom is -0.309 e. The number of H-pyrrole nitrogens is 1. The van der Waals surface area contributed by atoms with E-state index in [-0.39, 0.29) is 5.56 Å². The maximum atomic E-state index is 12.0. The summed E-state index contributed by atoms with van der Waals surface area (Å²) in [5.74, 6) is 1.13. The molecule has 0 spiro atoms. The molecule has 0 amide bonds. The maximum Gasteiger partial charge on any atom is 0.264 e. The van der Waals surface area contributed by atoms with Crippen LogP contribution in [0.5, 0.6) is 0 Å². The van der Waals surface area contributed by atoms with Crippen LogP contribution >= 0.6 is 45.8 Å². The fourth-order valence-electron chi connectivity index (χ4n) is 2.08. The first kappa shape index (κ1) is 14.4. The van der Waals surface area contributed by atoms with Crippen molar-refractivity contribution in [1.29, 1.82) is 0 Å². The van der Waals surface area contributed by atoms with Gasteiger partial charge in [0, 0.05) is 12.3 Å². The molecule has 2 aromatic rings. The molecule has 1 aromatic carbocycles. The molecule has 0 saturated heterocycles. The van der Waals surface area contributed by atoms with E-state index in [1.807, 2.05) is 6.07 Å². The van der Waals surface area contributed by atoms with E-state index in [1.165, 1.54) is 0 Å². The molecule has 1 aliphatic rings. The Balaban J connectivity index is 1.94. The van der Waals surface area contributed by atoms with Crippen molar-refractivity contribution in [3.05, 3.63) is 59.3 Å². The van der Waals surface area contributed by atoms with Crippen molar-refractivity contribution in [2.45, 2.75) is 25.2 Å². The lowest BCUT2D eigenvalue weighted by molar-refractivity contribution is 0.869. The number of rotatable bonds is 3. The quantitative estimate of drug-likeness (QED) is 0.758. The van der Waals surface area contributed by atoms with Crippen molar-refractivity contribution in [1.82, 2.24) is 9.97 Å². The monoisotopic (exact) mass is 420 g/mol. The first-order valence-corrected chi connectivity index (χ1v) is 8.10. The number of hydrogen-bond donors (Lipinski definition) is 1. The van der Waals surface area contributed by atoms with Crippen molar-refractivity contribution >= 4 is 45.8 Å². The van der Waals surface area contributed by atoms with Gasteiger partial charge in [-0.3, -0.25) is 4.79 Å². The Morgan fingerprint density at radius 3 is 2.70 bits per heavy atom. The molecule has 0 aliphatic heterocycles. The van der Waals surface area contributed by atoms with Crippen LogP contribution in [0.2, 0.25) is 10.0 Å². The van der Waals surface area contributed by atoms with Gasteiger partial charge in [-0.2, -0.15) is 0 Å². The van der Waals surface area contributed by atoms with E-state index < -0.39 is 0 Å². The highest BCUT2D eigenvalue weighted by Crippen LogP contribution is 2.40. The molecule has 0 unspecified atom stereocenters. The van der Waals surface area contributed by atoms with Crippen LogP contribution in [0.3, 0.4) is 0 Å². The van der Waals surface area contributed by atoms with Gasteiger partial charge < -0.3 is 4.98 Å². The molecule has 6 heteroatoms. The summed E-state index contributed by atoms with van der Waals surface area (Å²) in [6.45, 7) is 0. The lowest BCUT2D eigenvalue weighted by atomic mass is 10.1. The molecule has 0 radical (unpaired) electrons. The van der Waals surface area contributed by atoms with E-state index in [2.05, 4.69) is 32.6 Å². The van der Waals surface area contributed by atoms with Crippen LogP contribution in [0.1, 0.15) is 35.8 Å². The van der Waals surface area contributed by atoms with Gasteiger partial charge in [-0.05, 0) is 53.1 Å². The summed E-state index contributed by atoms with van der Waals surface area (Å²) in [6.07, 6.45) is 2.79. The Kier molecular flexibility index (Phi) is 4.06. The third kappa shape index (κ3) is 3.02. The summed E-state index contributed by atoms with van der Waals surface area (Å²) >= 11 is 14.0. The number of aromatic nitrogens is 2. The molecule has 1 fully saturated rings. The Labute approximate surface area is 139 Å². The third-order valence-electron chi connectivity index (χ3n) is 3.26. The van der Waals surface area contributed by atoms with Crippen molar-refractivity contribution < 1.29 is 0 Å². The molecule has 20 heavy (non-hydrogen) atoms. The fourth-order valence-corrected chi connectivity index (χ4v) is 3.10. The molecule has 1 aromatic heterocycles. The van der Waals surface area contributed by atoms with Crippen molar-refractivity contribution in [2.75, 3.05) is 0 Å². The summed E-state index contributed by atoms with van der Waals surface area (Å²) in [7, 11) is 0. The zero-order valence-corrected chi connectivity index (χ0v) is 14.1. The van der Waals surface area contributed by atoms with E-state index in [0.717, 1.165) is 24.1 Å². The summed E-state index contributed by atoms with van der Waals surface area (Å²) in [4.78, 5) is 19.4. The minimum atomic E-state index is -0.0578. The minimum absolute atomic E-state index is 0.0578. The van der Waals surface area contributed by atoms with Crippen molar-refractivity contribution in [2.24, 2.45) is 0 Å². The van der Waals surface area contributed by atoms with Crippen LogP contribution in [0.15, 0.2) is 23.0 Å². The smallest absolute Gasteiger partial charge is 0.264 e. The molecule has 3 nitrogen and oxygen atoms in total. The van der Waals surface area contributed by atoms with Gasteiger partial charge in [0.2, 0.25) is 0 Å². The number of hydrogen-bond acceptors (Lipinski definition) is 2. The van der Waals surface area contributed by atoms with Crippen molar-refractivity contribution in [3.63, 3.8) is 0 Å². The molecule has 0 bridgehead atoms. The van der Waals surface area contributed by atoms with E-state index >= 15 is 0 Å². The highest BCUT2D eigenvalue weighted by Gasteiger charge is 2.28. The van der Waals surface area contributed by atoms with Gasteiger partial charge in [-0.15, -0.1) is 0 Å². The highest BCUT2D eigenvalue weighted by molar-refractivity contribution is 14.1. The summed E-state index contributed by atoms with van der Waals surface area (Å²) < 4.78 is 0.711. The van der Waals surface area contributed by atoms with E-state index in [4.69, 9.17) is 23.2 Å². The lowest BCUT2D eigenvalue weighted by Crippen LogP contribution is -2.18. The standard InChI is InChI=1S/C14H11Cl2IN2O/c15-9-4-1-7(5-10(9)16)6-11-18-13(8-2-3-8)12(17)14(20)19-11/h1,4-5,8H,2-3,6H2,(H,18,19,20). The Morgan fingerprint density at radius 2 is 2.05 bits per heavy atom. The molecule has 0 atom stereocenters. The first-order chi connectivity index (χ1) is 9.54. The Hall–Kier alpha value is -0.590. The normalized spacial score (nSPS) is 14.6. The third-order valence-corrected chi connectivity index (χ3v) is 5.04. The van der Waals surface area contributed by atoms with Crippen LogP contribution in [0.25, 0.3) is 0 Å². The van der Waals surface area contributed by atoms with Gasteiger partial charge in [-0.25, -0.2) is 4.98 Å². The molecule has 104 valence electrons. The second-order valence-corrected chi connectivity index (χ2v) is 6.80. The fraction of sp³-hybridized carbons (Fsp3) is 0.286. The van der Waals surface area contributed by atoms with Gasteiger partial charge in [0.25, 0.3) is 5.56 Å². The van der Waals surface area contributed by atoms with Crippen molar-refractivity contribution in [3.8, 4) is 0 Å². The number of nitrogens with one attached hydrogen (secondary N) is 1.